The van der Waals surface area contributed by atoms with Crippen LogP contribution in [0.25, 0.3) is 0 Å². The summed E-state index contributed by atoms with van der Waals surface area (Å²) < 4.78 is 0. The van der Waals surface area contributed by atoms with Crippen LogP contribution in [0.1, 0.15) is 36.5 Å². The van der Waals surface area contributed by atoms with Crippen molar-refractivity contribution < 1.29 is 19.3 Å². The van der Waals surface area contributed by atoms with Gasteiger partial charge in [-0.05, 0) is 31.4 Å². The van der Waals surface area contributed by atoms with Gasteiger partial charge >= 0.3 is 0 Å². The van der Waals surface area contributed by atoms with Crippen molar-refractivity contribution in [2.45, 2.75) is 32.2 Å². The molecule has 0 bridgehead atoms. The molecule has 29 heavy (non-hydrogen) atoms. The van der Waals surface area contributed by atoms with E-state index in [-0.39, 0.29) is 23.1 Å². The smallest absolute Gasteiger partial charge is 0.293 e. The van der Waals surface area contributed by atoms with Crippen molar-refractivity contribution >= 4 is 29.1 Å². The number of anilines is 1. The van der Waals surface area contributed by atoms with E-state index in [1.165, 1.54) is 19.1 Å². The first-order valence-corrected chi connectivity index (χ1v) is 9.74. The third kappa shape index (κ3) is 4.82. The van der Waals surface area contributed by atoms with E-state index in [0.29, 0.717) is 44.8 Å². The van der Waals surface area contributed by atoms with Crippen molar-refractivity contribution in [2.75, 3.05) is 37.6 Å². The number of nitro groups is 1. The second kappa shape index (κ2) is 8.89. The summed E-state index contributed by atoms with van der Waals surface area (Å²) in [6, 6.07) is 3.70. The van der Waals surface area contributed by atoms with Crippen LogP contribution in [0.3, 0.4) is 0 Å². The molecule has 10 nitrogen and oxygen atoms in total. The summed E-state index contributed by atoms with van der Waals surface area (Å²) in [4.78, 5) is 50.7. The maximum Gasteiger partial charge on any atom is 0.293 e. The zero-order valence-corrected chi connectivity index (χ0v) is 16.3. The van der Waals surface area contributed by atoms with Gasteiger partial charge in [-0.25, -0.2) is 0 Å². The van der Waals surface area contributed by atoms with Gasteiger partial charge in [-0.2, -0.15) is 0 Å². The van der Waals surface area contributed by atoms with Crippen molar-refractivity contribution in [2.24, 2.45) is 0 Å². The van der Waals surface area contributed by atoms with E-state index in [2.05, 4.69) is 10.6 Å². The van der Waals surface area contributed by atoms with Gasteiger partial charge in [-0.3, -0.25) is 24.5 Å². The van der Waals surface area contributed by atoms with Gasteiger partial charge in [0, 0.05) is 51.3 Å². The molecule has 2 fully saturated rings. The summed E-state index contributed by atoms with van der Waals surface area (Å²) in [5.74, 6) is -0.762. The topological polar surface area (TPSA) is 125 Å². The highest BCUT2D eigenvalue weighted by molar-refractivity contribution is 5.98. The zero-order chi connectivity index (χ0) is 21.0. The molecular formula is C19H25N5O5. The number of benzene rings is 1. The van der Waals surface area contributed by atoms with Gasteiger partial charge in [0.2, 0.25) is 11.8 Å². The van der Waals surface area contributed by atoms with E-state index in [1.807, 2.05) is 4.90 Å². The van der Waals surface area contributed by atoms with Gasteiger partial charge in [0.1, 0.15) is 11.7 Å². The average molecular weight is 403 g/mol. The average Bonchev–Trinajstić information content (AvgIpc) is 2.91. The number of amides is 3. The fraction of sp³-hybridized carbons (Fsp3) is 0.526. The van der Waals surface area contributed by atoms with Crippen LogP contribution in [-0.2, 0) is 9.59 Å². The van der Waals surface area contributed by atoms with Gasteiger partial charge in [-0.15, -0.1) is 0 Å². The van der Waals surface area contributed by atoms with Crippen LogP contribution in [0.5, 0.6) is 0 Å². The predicted octanol–water partition coefficient (Wildman–Crippen LogP) is 0.662. The Hall–Kier alpha value is -3.17. The minimum atomic E-state index is -0.636. The van der Waals surface area contributed by atoms with E-state index < -0.39 is 16.9 Å². The fourth-order valence-electron chi connectivity index (χ4n) is 3.66. The highest BCUT2D eigenvalue weighted by Crippen LogP contribution is 2.30. The molecule has 0 aromatic heterocycles. The quantitative estimate of drug-likeness (QED) is 0.562. The van der Waals surface area contributed by atoms with Crippen LogP contribution < -0.4 is 15.5 Å². The number of nitrogens with zero attached hydrogens (tertiary/aromatic N) is 3. The maximum atomic E-state index is 12.6. The zero-order valence-electron chi connectivity index (χ0n) is 16.3. The van der Waals surface area contributed by atoms with Crippen molar-refractivity contribution in [3.05, 3.63) is 33.9 Å². The van der Waals surface area contributed by atoms with Gasteiger partial charge in [0.05, 0.1) is 4.92 Å². The highest BCUT2D eigenvalue weighted by atomic mass is 16.6. The number of carbonyl (C=O) groups is 3. The highest BCUT2D eigenvalue weighted by Gasteiger charge is 2.27. The third-order valence-electron chi connectivity index (χ3n) is 5.34. The molecule has 1 aromatic carbocycles. The molecule has 0 spiro atoms. The van der Waals surface area contributed by atoms with Crippen molar-refractivity contribution in [1.29, 1.82) is 0 Å². The van der Waals surface area contributed by atoms with Crippen molar-refractivity contribution in [3.63, 3.8) is 0 Å². The number of nitrogens with one attached hydrogen (secondary N) is 2. The molecule has 1 aromatic rings. The van der Waals surface area contributed by atoms with E-state index in [1.54, 1.807) is 11.0 Å². The lowest BCUT2D eigenvalue weighted by atomic mass is 10.1. The van der Waals surface area contributed by atoms with Gasteiger partial charge in [-0.1, -0.05) is 0 Å². The number of rotatable bonds is 4. The standard InChI is InChI=1S/C19H25N5O5/c1-13(25)22-8-10-23(11-9-22)16-6-5-14(12-17(16)24(28)29)18(26)21-15-4-2-3-7-20-19(15)27/h5-6,12,15H,2-4,7-11H2,1H3,(H,20,27)(H,21,26)/t15-/m0/s1. The van der Waals surface area contributed by atoms with Crippen molar-refractivity contribution in [1.82, 2.24) is 15.5 Å². The maximum absolute atomic E-state index is 12.6. The molecule has 0 aliphatic carbocycles. The second-order valence-corrected chi connectivity index (χ2v) is 7.27. The summed E-state index contributed by atoms with van der Waals surface area (Å²) in [7, 11) is 0. The molecule has 0 radical (unpaired) electrons. The molecule has 1 atom stereocenters. The molecule has 2 saturated heterocycles. The van der Waals surface area contributed by atoms with Crippen molar-refractivity contribution in [3.8, 4) is 0 Å². The minimum absolute atomic E-state index is 0.0197. The van der Waals surface area contributed by atoms with E-state index in [4.69, 9.17) is 0 Å². The lowest BCUT2D eigenvalue weighted by Crippen LogP contribution is -2.48. The Morgan fingerprint density at radius 2 is 1.93 bits per heavy atom. The fourth-order valence-corrected chi connectivity index (χ4v) is 3.66. The third-order valence-corrected chi connectivity index (χ3v) is 5.34. The predicted molar refractivity (Wildman–Crippen MR) is 106 cm³/mol. The van der Waals surface area contributed by atoms with Crippen LogP contribution in [0, 0.1) is 10.1 Å². The molecule has 3 amide bonds. The number of piperazine rings is 1. The van der Waals surface area contributed by atoms with E-state index in [0.717, 1.165) is 12.8 Å². The largest absolute Gasteiger partial charge is 0.362 e. The van der Waals surface area contributed by atoms with Gasteiger partial charge < -0.3 is 20.4 Å². The molecule has 2 aliphatic heterocycles. The summed E-state index contributed by atoms with van der Waals surface area (Å²) in [5.41, 5.74) is 0.390. The van der Waals surface area contributed by atoms with Crippen LogP contribution in [-0.4, -0.2) is 66.3 Å². The Morgan fingerprint density at radius 3 is 2.59 bits per heavy atom. The lowest BCUT2D eigenvalue weighted by Gasteiger charge is -2.35. The normalized spacial score (nSPS) is 19.9. The summed E-state index contributed by atoms with van der Waals surface area (Å²) in [5, 5.41) is 17.0. The second-order valence-electron chi connectivity index (χ2n) is 7.27. The SMILES string of the molecule is CC(=O)N1CCN(c2ccc(C(=O)N[C@H]3CCCCNC3=O)cc2[N+](=O)[O-])CC1. The molecule has 2 heterocycles. The van der Waals surface area contributed by atoms with Crippen LogP contribution in [0.2, 0.25) is 0 Å². The first-order chi connectivity index (χ1) is 13.9. The molecule has 2 N–H and O–H groups in total. The molecule has 156 valence electrons. The van der Waals surface area contributed by atoms with Crippen LogP contribution in [0.4, 0.5) is 11.4 Å². The monoisotopic (exact) mass is 403 g/mol. The molecule has 0 saturated carbocycles. The molecule has 10 heteroatoms. The summed E-state index contributed by atoms with van der Waals surface area (Å²) in [6.45, 7) is 4.03. The summed E-state index contributed by atoms with van der Waals surface area (Å²) in [6.07, 6.45) is 2.21. The first kappa shape index (κ1) is 20.6. The molecule has 3 rings (SSSR count). The first-order valence-electron chi connectivity index (χ1n) is 9.74. The molecular weight excluding hydrogens is 378 g/mol. The molecule has 2 aliphatic rings. The Labute approximate surface area is 168 Å². The lowest BCUT2D eigenvalue weighted by molar-refractivity contribution is -0.384. The Morgan fingerprint density at radius 1 is 1.21 bits per heavy atom. The summed E-state index contributed by atoms with van der Waals surface area (Å²) >= 11 is 0. The Bertz CT molecular complexity index is 819. The van der Waals surface area contributed by atoms with Crippen LogP contribution in [0.15, 0.2) is 18.2 Å². The Kier molecular flexibility index (Phi) is 6.30. The number of hydrogen-bond acceptors (Lipinski definition) is 6. The number of carbonyl (C=O) groups excluding carboxylic acids is 3. The van der Waals surface area contributed by atoms with Crippen LogP contribution >= 0.6 is 0 Å². The number of nitro benzene ring substituents is 1. The Balaban J connectivity index is 1.75. The number of hydrogen-bond donors (Lipinski definition) is 2. The minimum Gasteiger partial charge on any atom is -0.362 e. The van der Waals surface area contributed by atoms with Gasteiger partial charge in [0.15, 0.2) is 0 Å². The molecule has 0 unspecified atom stereocenters. The van der Waals surface area contributed by atoms with E-state index in [9.17, 15) is 24.5 Å². The van der Waals surface area contributed by atoms with Gasteiger partial charge in [0.25, 0.3) is 11.6 Å². The van der Waals surface area contributed by atoms with E-state index >= 15 is 0 Å².